The zero-order valence-corrected chi connectivity index (χ0v) is 11.3. The van der Waals surface area contributed by atoms with Crippen molar-refractivity contribution in [3.05, 3.63) is 28.6 Å². The number of rotatable bonds is 4. The van der Waals surface area contributed by atoms with Crippen LogP contribution in [0.3, 0.4) is 0 Å². The first-order chi connectivity index (χ1) is 9.93. The Labute approximate surface area is 120 Å². The molecule has 21 heavy (non-hydrogen) atoms. The first-order valence-electron chi connectivity index (χ1n) is 6.22. The number of nitrogen functional groups attached to an aromatic ring is 2. The van der Waals surface area contributed by atoms with Crippen LogP contribution in [0.2, 0.25) is 0 Å². The zero-order valence-electron chi connectivity index (χ0n) is 11.3. The number of benzene rings is 1. The Kier molecular flexibility index (Phi) is 4.15. The summed E-state index contributed by atoms with van der Waals surface area (Å²) in [6.07, 6.45) is 0. The standard InChI is InChI=1S/C12H15BN4O4/c1-2-21-8-5-6(13(19)20)3-4-7(8)11-16-10(15)9(14)12(18)17-11/h3-5,19-20H,2,14H2,1H3,(H3,15,16,17,18). The Morgan fingerprint density at radius 2 is 2.10 bits per heavy atom. The van der Waals surface area contributed by atoms with Gasteiger partial charge in [-0.1, -0.05) is 6.07 Å². The van der Waals surface area contributed by atoms with Crippen LogP contribution in [0, 0.1) is 0 Å². The minimum Gasteiger partial charge on any atom is -0.493 e. The number of ether oxygens (including phenoxy) is 1. The van der Waals surface area contributed by atoms with Crippen molar-refractivity contribution in [2.75, 3.05) is 18.1 Å². The van der Waals surface area contributed by atoms with E-state index in [1.54, 1.807) is 13.0 Å². The minimum atomic E-state index is -1.62. The van der Waals surface area contributed by atoms with Crippen LogP contribution in [0.1, 0.15) is 6.92 Å². The molecule has 8 nitrogen and oxygen atoms in total. The summed E-state index contributed by atoms with van der Waals surface area (Å²) in [4.78, 5) is 18.2. The number of aromatic nitrogens is 2. The van der Waals surface area contributed by atoms with E-state index < -0.39 is 12.7 Å². The van der Waals surface area contributed by atoms with E-state index >= 15 is 0 Å². The molecule has 0 saturated carbocycles. The molecular weight excluding hydrogens is 275 g/mol. The average Bonchev–Trinajstić information content (AvgIpc) is 2.44. The van der Waals surface area contributed by atoms with Crippen LogP contribution in [0.4, 0.5) is 11.5 Å². The van der Waals surface area contributed by atoms with E-state index in [1.807, 2.05) is 0 Å². The average molecular weight is 290 g/mol. The minimum absolute atomic E-state index is 0.0810. The van der Waals surface area contributed by atoms with Crippen LogP contribution < -0.4 is 27.2 Å². The molecule has 110 valence electrons. The van der Waals surface area contributed by atoms with Gasteiger partial charge in [0.05, 0.1) is 12.2 Å². The molecule has 2 aromatic rings. The first kappa shape index (κ1) is 14.9. The summed E-state index contributed by atoms with van der Waals surface area (Å²) in [6.45, 7) is 2.13. The molecule has 7 N–H and O–H groups in total. The van der Waals surface area contributed by atoms with Crippen molar-refractivity contribution >= 4 is 24.1 Å². The van der Waals surface area contributed by atoms with Crippen molar-refractivity contribution in [2.24, 2.45) is 0 Å². The molecule has 0 bridgehead atoms. The molecule has 0 aliphatic rings. The largest absolute Gasteiger partial charge is 0.493 e. The van der Waals surface area contributed by atoms with Crippen molar-refractivity contribution in [3.63, 3.8) is 0 Å². The lowest BCUT2D eigenvalue weighted by atomic mass is 9.80. The Morgan fingerprint density at radius 3 is 2.67 bits per heavy atom. The molecule has 2 rings (SSSR count). The van der Waals surface area contributed by atoms with Gasteiger partial charge in [-0.05, 0) is 24.5 Å². The lowest BCUT2D eigenvalue weighted by Gasteiger charge is -2.12. The SMILES string of the molecule is CCOc1cc(B(O)O)ccc1-c1nc(N)c(N)c(=O)[nH]1. The van der Waals surface area contributed by atoms with E-state index in [-0.39, 0.29) is 22.8 Å². The third-order valence-electron chi connectivity index (χ3n) is 2.84. The van der Waals surface area contributed by atoms with Crippen molar-refractivity contribution < 1.29 is 14.8 Å². The van der Waals surface area contributed by atoms with Crippen molar-refractivity contribution in [3.8, 4) is 17.1 Å². The van der Waals surface area contributed by atoms with E-state index in [9.17, 15) is 14.8 Å². The highest BCUT2D eigenvalue weighted by atomic mass is 16.5. The second kappa shape index (κ2) is 5.86. The summed E-state index contributed by atoms with van der Waals surface area (Å²) >= 11 is 0. The van der Waals surface area contributed by atoms with Gasteiger partial charge in [-0.2, -0.15) is 0 Å². The van der Waals surface area contributed by atoms with Crippen LogP contribution in [-0.2, 0) is 0 Å². The highest BCUT2D eigenvalue weighted by molar-refractivity contribution is 6.58. The monoisotopic (exact) mass is 290 g/mol. The Morgan fingerprint density at radius 1 is 1.38 bits per heavy atom. The highest BCUT2D eigenvalue weighted by Gasteiger charge is 2.17. The quantitative estimate of drug-likeness (QED) is 0.438. The lowest BCUT2D eigenvalue weighted by Crippen LogP contribution is -2.29. The molecule has 1 heterocycles. The van der Waals surface area contributed by atoms with Crippen LogP contribution in [0.15, 0.2) is 23.0 Å². The summed E-state index contributed by atoms with van der Waals surface area (Å²) in [5, 5.41) is 18.4. The van der Waals surface area contributed by atoms with E-state index in [0.29, 0.717) is 17.9 Å². The number of hydrogen-bond donors (Lipinski definition) is 5. The van der Waals surface area contributed by atoms with E-state index in [4.69, 9.17) is 16.2 Å². The van der Waals surface area contributed by atoms with Gasteiger partial charge in [-0.25, -0.2) is 4.98 Å². The smallest absolute Gasteiger partial charge is 0.488 e. The fraction of sp³-hybridized carbons (Fsp3) is 0.167. The molecule has 0 radical (unpaired) electrons. The number of nitrogens with two attached hydrogens (primary N) is 2. The number of nitrogens with one attached hydrogen (secondary N) is 1. The third kappa shape index (κ3) is 2.98. The molecular formula is C12H15BN4O4. The molecule has 0 spiro atoms. The fourth-order valence-electron chi connectivity index (χ4n) is 1.80. The number of anilines is 2. The summed E-state index contributed by atoms with van der Waals surface area (Å²) in [5.74, 6) is 0.451. The molecule has 0 fully saturated rings. The number of aromatic amines is 1. The van der Waals surface area contributed by atoms with Gasteiger partial charge in [-0.15, -0.1) is 0 Å². The lowest BCUT2D eigenvalue weighted by molar-refractivity contribution is 0.341. The maximum atomic E-state index is 11.7. The Balaban J connectivity index is 2.60. The van der Waals surface area contributed by atoms with Gasteiger partial charge in [-0.3, -0.25) is 4.79 Å². The Bertz CT molecular complexity index is 717. The van der Waals surface area contributed by atoms with Crippen LogP contribution in [-0.4, -0.2) is 33.7 Å². The maximum Gasteiger partial charge on any atom is 0.488 e. The number of H-pyrrole nitrogens is 1. The molecule has 1 aromatic carbocycles. The zero-order chi connectivity index (χ0) is 15.6. The van der Waals surface area contributed by atoms with Gasteiger partial charge < -0.3 is 31.2 Å². The maximum absolute atomic E-state index is 11.7. The van der Waals surface area contributed by atoms with Gasteiger partial charge in [0.1, 0.15) is 17.3 Å². The van der Waals surface area contributed by atoms with Gasteiger partial charge >= 0.3 is 7.12 Å². The second-order valence-corrected chi connectivity index (χ2v) is 4.28. The van der Waals surface area contributed by atoms with E-state index in [1.165, 1.54) is 12.1 Å². The van der Waals surface area contributed by atoms with Gasteiger partial charge in [0.15, 0.2) is 5.82 Å². The molecule has 0 aliphatic carbocycles. The van der Waals surface area contributed by atoms with Crippen LogP contribution in [0.25, 0.3) is 11.4 Å². The highest BCUT2D eigenvalue weighted by Crippen LogP contribution is 2.27. The summed E-state index contributed by atoms with van der Waals surface area (Å²) in [5.41, 5.74) is 11.1. The van der Waals surface area contributed by atoms with Crippen LogP contribution >= 0.6 is 0 Å². The summed E-state index contributed by atoms with van der Waals surface area (Å²) < 4.78 is 5.44. The normalized spacial score (nSPS) is 10.4. The molecule has 0 unspecified atom stereocenters. The third-order valence-corrected chi connectivity index (χ3v) is 2.84. The molecule has 0 amide bonds. The molecule has 0 atom stereocenters. The fourth-order valence-corrected chi connectivity index (χ4v) is 1.80. The topological polar surface area (TPSA) is 147 Å². The van der Waals surface area contributed by atoms with Gasteiger partial charge in [0.25, 0.3) is 5.56 Å². The van der Waals surface area contributed by atoms with Crippen molar-refractivity contribution in [1.29, 1.82) is 0 Å². The predicted molar refractivity (Wildman–Crippen MR) is 80.1 cm³/mol. The van der Waals surface area contributed by atoms with Gasteiger partial charge in [0.2, 0.25) is 0 Å². The molecule has 9 heteroatoms. The number of nitrogens with zero attached hydrogens (tertiary/aromatic N) is 1. The first-order valence-corrected chi connectivity index (χ1v) is 6.22. The second-order valence-electron chi connectivity index (χ2n) is 4.28. The molecule has 0 aliphatic heterocycles. The summed E-state index contributed by atoms with van der Waals surface area (Å²) in [7, 11) is -1.62. The molecule has 1 aromatic heterocycles. The van der Waals surface area contributed by atoms with Crippen molar-refractivity contribution in [2.45, 2.75) is 6.92 Å². The van der Waals surface area contributed by atoms with E-state index in [2.05, 4.69) is 9.97 Å². The van der Waals surface area contributed by atoms with Crippen molar-refractivity contribution in [1.82, 2.24) is 9.97 Å². The van der Waals surface area contributed by atoms with Gasteiger partial charge in [0, 0.05) is 0 Å². The predicted octanol–water partition coefficient (Wildman–Crippen LogP) is -1.32. The Hall–Kier alpha value is -2.52. The number of hydrogen-bond acceptors (Lipinski definition) is 7. The van der Waals surface area contributed by atoms with Crippen LogP contribution in [0.5, 0.6) is 5.75 Å². The molecule has 0 saturated heterocycles. The summed E-state index contributed by atoms with van der Waals surface area (Å²) in [6, 6.07) is 4.48. The van der Waals surface area contributed by atoms with E-state index in [0.717, 1.165) is 0 Å².